The average Bonchev–Trinajstić information content (AvgIpc) is 2.62. The van der Waals surface area contributed by atoms with Gasteiger partial charge < -0.3 is 9.72 Å². The SMILES string of the molecule is CCOC(=O)c1nc2cc(Br)c(Br)cc2[nH]1. The summed E-state index contributed by atoms with van der Waals surface area (Å²) in [7, 11) is 0. The van der Waals surface area contributed by atoms with Crippen molar-refractivity contribution in [2.24, 2.45) is 0 Å². The van der Waals surface area contributed by atoms with Crippen molar-refractivity contribution in [1.82, 2.24) is 9.97 Å². The molecule has 1 aromatic carbocycles. The second-order valence-corrected chi connectivity index (χ2v) is 4.80. The fourth-order valence-electron chi connectivity index (χ4n) is 1.30. The minimum absolute atomic E-state index is 0.224. The first kappa shape index (κ1) is 11.6. The first-order valence-corrected chi connectivity index (χ1v) is 6.22. The number of hydrogen-bond donors (Lipinski definition) is 1. The molecule has 0 aliphatic carbocycles. The van der Waals surface area contributed by atoms with Crippen LogP contribution in [0.4, 0.5) is 0 Å². The summed E-state index contributed by atoms with van der Waals surface area (Å²) in [4.78, 5) is 18.5. The van der Waals surface area contributed by atoms with Crippen LogP contribution in [0.2, 0.25) is 0 Å². The van der Waals surface area contributed by atoms with E-state index in [-0.39, 0.29) is 5.82 Å². The largest absolute Gasteiger partial charge is 0.460 e. The Morgan fingerprint density at radius 2 is 2.12 bits per heavy atom. The molecular weight excluding hydrogens is 340 g/mol. The van der Waals surface area contributed by atoms with Crippen LogP contribution in [0.25, 0.3) is 11.0 Å². The molecule has 16 heavy (non-hydrogen) atoms. The summed E-state index contributed by atoms with van der Waals surface area (Å²) in [6.07, 6.45) is 0. The van der Waals surface area contributed by atoms with E-state index in [4.69, 9.17) is 4.74 Å². The summed E-state index contributed by atoms with van der Waals surface area (Å²) < 4.78 is 6.65. The zero-order valence-corrected chi connectivity index (χ0v) is 11.6. The summed E-state index contributed by atoms with van der Waals surface area (Å²) in [5, 5.41) is 0. The number of benzene rings is 1. The molecular formula is C10H8Br2N2O2. The molecule has 2 rings (SSSR count). The second kappa shape index (κ2) is 4.55. The maximum absolute atomic E-state index is 11.4. The summed E-state index contributed by atoms with van der Waals surface area (Å²) in [6, 6.07) is 3.69. The van der Waals surface area contributed by atoms with Crippen molar-refractivity contribution in [2.75, 3.05) is 6.61 Å². The number of rotatable bonds is 2. The number of carbonyl (C=O) groups is 1. The third-order valence-electron chi connectivity index (χ3n) is 1.99. The highest BCUT2D eigenvalue weighted by atomic mass is 79.9. The van der Waals surface area contributed by atoms with E-state index in [1.807, 2.05) is 12.1 Å². The molecule has 1 heterocycles. The maximum atomic E-state index is 11.4. The van der Waals surface area contributed by atoms with Crippen LogP contribution in [0.5, 0.6) is 0 Å². The lowest BCUT2D eigenvalue weighted by Crippen LogP contribution is -2.06. The van der Waals surface area contributed by atoms with Crippen molar-refractivity contribution in [3.8, 4) is 0 Å². The van der Waals surface area contributed by atoms with Crippen LogP contribution in [0.3, 0.4) is 0 Å². The normalized spacial score (nSPS) is 10.7. The molecule has 0 unspecified atom stereocenters. The minimum atomic E-state index is -0.439. The van der Waals surface area contributed by atoms with Gasteiger partial charge in [0, 0.05) is 8.95 Å². The molecule has 0 bridgehead atoms. The lowest BCUT2D eigenvalue weighted by molar-refractivity contribution is 0.0514. The van der Waals surface area contributed by atoms with Gasteiger partial charge in [-0.2, -0.15) is 0 Å². The van der Waals surface area contributed by atoms with Gasteiger partial charge in [-0.05, 0) is 50.9 Å². The Kier molecular flexibility index (Phi) is 3.30. The molecule has 84 valence electrons. The first-order chi connectivity index (χ1) is 7.61. The molecule has 0 saturated heterocycles. The second-order valence-electron chi connectivity index (χ2n) is 3.09. The molecule has 0 saturated carbocycles. The fraction of sp³-hybridized carbons (Fsp3) is 0.200. The number of imidazole rings is 1. The summed E-state index contributed by atoms with van der Waals surface area (Å²) in [6.45, 7) is 2.09. The predicted octanol–water partition coefficient (Wildman–Crippen LogP) is 3.26. The van der Waals surface area contributed by atoms with Gasteiger partial charge in [-0.3, -0.25) is 0 Å². The number of ether oxygens (including phenoxy) is 1. The number of H-pyrrole nitrogens is 1. The molecule has 0 amide bonds. The van der Waals surface area contributed by atoms with E-state index in [0.29, 0.717) is 6.61 Å². The van der Waals surface area contributed by atoms with Crippen molar-refractivity contribution in [3.63, 3.8) is 0 Å². The van der Waals surface area contributed by atoms with Crippen molar-refractivity contribution < 1.29 is 9.53 Å². The molecule has 6 heteroatoms. The standard InChI is InChI=1S/C10H8Br2N2O2/c1-2-16-10(15)9-13-7-3-5(11)6(12)4-8(7)14-9/h3-4H,2H2,1H3,(H,13,14). The van der Waals surface area contributed by atoms with E-state index in [1.54, 1.807) is 6.92 Å². The molecule has 0 spiro atoms. The van der Waals surface area contributed by atoms with E-state index in [9.17, 15) is 4.79 Å². The van der Waals surface area contributed by atoms with Gasteiger partial charge in [0.1, 0.15) is 0 Å². The van der Waals surface area contributed by atoms with Crippen LogP contribution in [-0.2, 0) is 4.74 Å². The van der Waals surface area contributed by atoms with Crippen LogP contribution in [0, 0.1) is 0 Å². The topological polar surface area (TPSA) is 55.0 Å². The Labute approximate surface area is 109 Å². The molecule has 2 aromatic rings. The van der Waals surface area contributed by atoms with Gasteiger partial charge in [0.15, 0.2) is 0 Å². The number of nitrogens with one attached hydrogen (secondary N) is 1. The van der Waals surface area contributed by atoms with Gasteiger partial charge in [0.05, 0.1) is 17.6 Å². The van der Waals surface area contributed by atoms with Gasteiger partial charge in [0.25, 0.3) is 0 Å². The quantitative estimate of drug-likeness (QED) is 0.848. The monoisotopic (exact) mass is 346 g/mol. The van der Waals surface area contributed by atoms with Crippen molar-refractivity contribution in [2.45, 2.75) is 6.92 Å². The molecule has 1 N–H and O–H groups in total. The van der Waals surface area contributed by atoms with E-state index in [0.717, 1.165) is 20.0 Å². The zero-order chi connectivity index (χ0) is 11.7. The molecule has 0 atom stereocenters. The van der Waals surface area contributed by atoms with E-state index < -0.39 is 5.97 Å². The highest BCUT2D eigenvalue weighted by Crippen LogP contribution is 2.27. The van der Waals surface area contributed by atoms with E-state index >= 15 is 0 Å². The van der Waals surface area contributed by atoms with Crippen molar-refractivity contribution in [3.05, 3.63) is 26.9 Å². The van der Waals surface area contributed by atoms with Crippen LogP contribution in [0.1, 0.15) is 17.5 Å². The first-order valence-electron chi connectivity index (χ1n) is 4.63. The van der Waals surface area contributed by atoms with E-state index in [2.05, 4.69) is 41.8 Å². The van der Waals surface area contributed by atoms with Gasteiger partial charge in [-0.15, -0.1) is 0 Å². The Morgan fingerprint density at radius 3 is 2.81 bits per heavy atom. The van der Waals surface area contributed by atoms with Gasteiger partial charge in [-0.1, -0.05) is 0 Å². The molecule has 4 nitrogen and oxygen atoms in total. The highest BCUT2D eigenvalue weighted by molar-refractivity contribution is 9.13. The number of esters is 1. The Hall–Kier alpha value is -0.880. The molecule has 0 aliphatic rings. The number of nitrogens with zero attached hydrogens (tertiary/aromatic N) is 1. The lowest BCUT2D eigenvalue weighted by atomic mass is 10.3. The third kappa shape index (κ3) is 2.12. The third-order valence-corrected chi connectivity index (χ3v) is 3.84. The highest BCUT2D eigenvalue weighted by Gasteiger charge is 2.13. The zero-order valence-electron chi connectivity index (χ0n) is 8.38. The minimum Gasteiger partial charge on any atom is -0.460 e. The van der Waals surface area contributed by atoms with Crippen LogP contribution >= 0.6 is 31.9 Å². The van der Waals surface area contributed by atoms with Crippen LogP contribution in [0.15, 0.2) is 21.1 Å². The fourth-order valence-corrected chi connectivity index (χ4v) is 1.98. The van der Waals surface area contributed by atoms with Crippen LogP contribution < -0.4 is 0 Å². The number of hydrogen-bond acceptors (Lipinski definition) is 3. The van der Waals surface area contributed by atoms with Gasteiger partial charge in [-0.25, -0.2) is 9.78 Å². The number of halogens is 2. The summed E-state index contributed by atoms with van der Waals surface area (Å²) >= 11 is 6.76. The van der Waals surface area contributed by atoms with Gasteiger partial charge >= 0.3 is 5.97 Å². The number of aromatic amines is 1. The number of aromatic nitrogens is 2. The predicted molar refractivity (Wildman–Crippen MR) is 67.5 cm³/mol. The van der Waals surface area contributed by atoms with Gasteiger partial charge in [0.2, 0.25) is 5.82 Å². The molecule has 1 aromatic heterocycles. The molecule has 0 radical (unpaired) electrons. The summed E-state index contributed by atoms with van der Waals surface area (Å²) in [5.41, 5.74) is 1.51. The lowest BCUT2D eigenvalue weighted by Gasteiger charge is -1.95. The van der Waals surface area contributed by atoms with E-state index in [1.165, 1.54) is 0 Å². The maximum Gasteiger partial charge on any atom is 0.374 e. The Bertz CT molecular complexity index is 512. The Balaban J connectivity index is 2.48. The Morgan fingerprint density at radius 1 is 1.44 bits per heavy atom. The van der Waals surface area contributed by atoms with Crippen molar-refractivity contribution >= 4 is 48.9 Å². The smallest absolute Gasteiger partial charge is 0.374 e. The summed E-state index contributed by atoms with van der Waals surface area (Å²) in [5.74, 6) is -0.215. The number of carbonyl (C=O) groups excluding carboxylic acids is 1. The van der Waals surface area contributed by atoms with Crippen LogP contribution in [-0.4, -0.2) is 22.5 Å². The molecule has 0 aliphatic heterocycles. The molecule has 0 fully saturated rings. The van der Waals surface area contributed by atoms with Crippen molar-refractivity contribution in [1.29, 1.82) is 0 Å². The average molecular weight is 348 g/mol. The number of fused-ring (bicyclic) bond motifs is 1.